The van der Waals surface area contributed by atoms with Crippen molar-refractivity contribution in [1.29, 1.82) is 0 Å². The minimum absolute atomic E-state index is 0.290. The summed E-state index contributed by atoms with van der Waals surface area (Å²) in [5.41, 5.74) is 3.86. The SMILES string of the molecule is CCOC(=O)N1CCC(=NNC(=O)c2ccoc2C)CC1. The van der Waals surface area contributed by atoms with Crippen LogP contribution in [0.3, 0.4) is 0 Å². The zero-order valence-corrected chi connectivity index (χ0v) is 12.2. The molecule has 0 aliphatic carbocycles. The summed E-state index contributed by atoms with van der Waals surface area (Å²) >= 11 is 0. The molecule has 1 saturated heterocycles. The third-order valence-electron chi connectivity index (χ3n) is 3.29. The van der Waals surface area contributed by atoms with Crippen molar-refractivity contribution in [2.24, 2.45) is 5.10 Å². The van der Waals surface area contributed by atoms with Crippen LogP contribution in [0.1, 0.15) is 35.9 Å². The molecule has 2 rings (SSSR count). The molecule has 0 bridgehead atoms. The highest BCUT2D eigenvalue weighted by molar-refractivity contribution is 5.96. The molecule has 0 radical (unpaired) electrons. The molecule has 0 aromatic carbocycles. The van der Waals surface area contributed by atoms with E-state index < -0.39 is 0 Å². The summed E-state index contributed by atoms with van der Waals surface area (Å²) in [6.07, 6.45) is 2.43. The second kappa shape index (κ2) is 6.92. The van der Waals surface area contributed by atoms with Gasteiger partial charge in [-0.05, 0) is 19.9 Å². The predicted molar refractivity (Wildman–Crippen MR) is 76.2 cm³/mol. The molecule has 7 heteroatoms. The predicted octanol–water partition coefficient (Wildman–Crippen LogP) is 1.93. The highest BCUT2D eigenvalue weighted by Gasteiger charge is 2.21. The summed E-state index contributed by atoms with van der Waals surface area (Å²) in [6, 6.07) is 1.61. The van der Waals surface area contributed by atoms with E-state index in [0.717, 1.165) is 5.71 Å². The first kappa shape index (κ1) is 15.1. The number of hydrogen-bond donors (Lipinski definition) is 1. The van der Waals surface area contributed by atoms with Gasteiger partial charge >= 0.3 is 6.09 Å². The molecule has 21 heavy (non-hydrogen) atoms. The Kier molecular flexibility index (Phi) is 4.97. The van der Waals surface area contributed by atoms with E-state index >= 15 is 0 Å². The third kappa shape index (κ3) is 3.84. The Hall–Kier alpha value is -2.31. The Balaban J connectivity index is 1.84. The number of nitrogens with zero attached hydrogens (tertiary/aromatic N) is 2. The second-order valence-electron chi connectivity index (χ2n) is 4.70. The van der Waals surface area contributed by atoms with E-state index in [2.05, 4.69) is 10.5 Å². The maximum Gasteiger partial charge on any atom is 0.409 e. The van der Waals surface area contributed by atoms with E-state index in [-0.39, 0.29) is 12.0 Å². The van der Waals surface area contributed by atoms with Crippen molar-refractivity contribution < 1.29 is 18.7 Å². The molecule has 114 valence electrons. The van der Waals surface area contributed by atoms with Gasteiger partial charge in [-0.2, -0.15) is 5.10 Å². The number of nitrogens with one attached hydrogen (secondary N) is 1. The maximum atomic E-state index is 11.9. The smallest absolute Gasteiger partial charge is 0.409 e. The van der Waals surface area contributed by atoms with Gasteiger partial charge in [0, 0.05) is 31.6 Å². The van der Waals surface area contributed by atoms with E-state index in [0.29, 0.717) is 43.9 Å². The fourth-order valence-corrected chi connectivity index (χ4v) is 2.08. The molecule has 1 N–H and O–H groups in total. The van der Waals surface area contributed by atoms with E-state index in [1.54, 1.807) is 24.8 Å². The van der Waals surface area contributed by atoms with Gasteiger partial charge in [0.25, 0.3) is 5.91 Å². The molecule has 0 saturated carbocycles. The molecule has 0 atom stereocenters. The third-order valence-corrected chi connectivity index (χ3v) is 3.29. The topological polar surface area (TPSA) is 84.1 Å². The number of hydrazone groups is 1. The number of ether oxygens (including phenoxy) is 1. The highest BCUT2D eigenvalue weighted by atomic mass is 16.6. The van der Waals surface area contributed by atoms with Gasteiger partial charge in [0.2, 0.25) is 0 Å². The van der Waals surface area contributed by atoms with Gasteiger partial charge in [-0.25, -0.2) is 10.2 Å². The van der Waals surface area contributed by atoms with Gasteiger partial charge in [0.05, 0.1) is 18.4 Å². The number of rotatable bonds is 3. The Bertz CT molecular complexity index is 540. The molecule has 0 unspecified atom stereocenters. The lowest BCUT2D eigenvalue weighted by atomic mass is 10.1. The van der Waals surface area contributed by atoms with Crippen LogP contribution in [0.2, 0.25) is 0 Å². The Morgan fingerprint density at radius 3 is 2.71 bits per heavy atom. The van der Waals surface area contributed by atoms with Crippen LogP contribution in [-0.4, -0.2) is 42.3 Å². The number of likely N-dealkylation sites (tertiary alicyclic amines) is 1. The van der Waals surface area contributed by atoms with E-state index in [4.69, 9.17) is 9.15 Å². The average Bonchev–Trinajstić information content (AvgIpc) is 2.92. The van der Waals surface area contributed by atoms with Crippen molar-refractivity contribution in [2.45, 2.75) is 26.7 Å². The molecule has 2 amide bonds. The van der Waals surface area contributed by atoms with Crippen LogP contribution in [0, 0.1) is 6.92 Å². The van der Waals surface area contributed by atoms with Crippen molar-refractivity contribution in [3.63, 3.8) is 0 Å². The largest absolute Gasteiger partial charge is 0.469 e. The summed E-state index contributed by atoms with van der Waals surface area (Å²) < 4.78 is 10.0. The molecular formula is C14H19N3O4. The lowest BCUT2D eigenvalue weighted by Gasteiger charge is -2.26. The van der Waals surface area contributed by atoms with Crippen LogP contribution in [0.25, 0.3) is 0 Å². The highest BCUT2D eigenvalue weighted by Crippen LogP contribution is 2.10. The monoisotopic (exact) mass is 293 g/mol. The minimum Gasteiger partial charge on any atom is -0.469 e. The minimum atomic E-state index is -0.297. The summed E-state index contributed by atoms with van der Waals surface area (Å²) in [5.74, 6) is 0.270. The summed E-state index contributed by atoms with van der Waals surface area (Å²) in [6.45, 7) is 4.98. The van der Waals surface area contributed by atoms with Gasteiger partial charge in [0.1, 0.15) is 5.76 Å². The van der Waals surface area contributed by atoms with Crippen molar-refractivity contribution in [3.8, 4) is 0 Å². The Labute approximate surface area is 122 Å². The molecule has 7 nitrogen and oxygen atoms in total. The normalized spacial score (nSPS) is 14.8. The standard InChI is InChI=1S/C14H19N3O4/c1-3-20-14(19)17-7-4-11(5-8-17)15-16-13(18)12-6-9-21-10(12)2/h6,9H,3-5,7-8H2,1-2H3,(H,16,18). The molecular weight excluding hydrogens is 274 g/mol. The van der Waals surface area contributed by atoms with E-state index in [9.17, 15) is 9.59 Å². The molecule has 1 fully saturated rings. The summed E-state index contributed by atoms with van der Waals surface area (Å²) in [7, 11) is 0. The Morgan fingerprint density at radius 2 is 2.14 bits per heavy atom. The molecule has 1 aliphatic rings. The first-order valence-electron chi connectivity index (χ1n) is 6.93. The second-order valence-corrected chi connectivity index (χ2v) is 4.70. The fraction of sp³-hybridized carbons (Fsp3) is 0.500. The molecule has 1 aromatic heterocycles. The van der Waals surface area contributed by atoms with Crippen molar-refractivity contribution in [3.05, 3.63) is 23.7 Å². The van der Waals surface area contributed by atoms with Crippen molar-refractivity contribution in [1.82, 2.24) is 10.3 Å². The van der Waals surface area contributed by atoms with Crippen LogP contribution in [-0.2, 0) is 4.74 Å². The van der Waals surface area contributed by atoms with Crippen LogP contribution < -0.4 is 5.43 Å². The van der Waals surface area contributed by atoms with Gasteiger partial charge in [0.15, 0.2) is 0 Å². The number of carbonyl (C=O) groups is 2. The van der Waals surface area contributed by atoms with Crippen molar-refractivity contribution >= 4 is 17.7 Å². The van der Waals surface area contributed by atoms with E-state index in [1.807, 2.05) is 0 Å². The number of piperidine rings is 1. The van der Waals surface area contributed by atoms with Gasteiger partial charge in [-0.3, -0.25) is 4.79 Å². The maximum absolute atomic E-state index is 11.9. The van der Waals surface area contributed by atoms with E-state index in [1.165, 1.54) is 6.26 Å². The Morgan fingerprint density at radius 1 is 1.43 bits per heavy atom. The first-order valence-corrected chi connectivity index (χ1v) is 6.93. The van der Waals surface area contributed by atoms with Gasteiger partial charge in [-0.15, -0.1) is 0 Å². The zero-order valence-electron chi connectivity index (χ0n) is 12.2. The first-order chi connectivity index (χ1) is 10.1. The molecule has 2 heterocycles. The number of carbonyl (C=O) groups excluding carboxylic acids is 2. The molecule has 1 aromatic rings. The van der Waals surface area contributed by atoms with Crippen molar-refractivity contribution in [2.75, 3.05) is 19.7 Å². The lowest BCUT2D eigenvalue weighted by molar-refractivity contribution is 0.0950. The number of aryl methyl sites for hydroxylation is 1. The fourth-order valence-electron chi connectivity index (χ4n) is 2.08. The van der Waals surface area contributed by atoms with Crippen LogP contribution >= 0.6 is 0 Å². The van der Waals surface area contributed by atoms with Gasteiger partial charge < -0.3 is 14.1 Å². The molecule has 1 aliphatic heterocycles. The molecule has 0 spiro atoms. The van der Waals surface area contributed by atoms with Gasteiger partial charge in [-0.1, -0.05) is 0 Å². The number of furan rings is 1. The number of amides is 2. The van der Waals surface area contributed by atoms with Crippen LogP contribution in [0.5, 0.6) is 0 Å². The van der Waals surface area contributed by atoms with Crippen LogP contribution in [0.15, 0.2) is 21.8 Å². The lowest BCUT2D eigenvalue weighted by Crippen LogP contribution is -2.39. The average molecular weight is 293 g/mol. The zero-order chi connectivity index (χ0) is 15.2. The summed E-state index contributed by atoms with van der Waals surface area (Å²) in [4.78, 5) is 25.1. The number of hydrogen-bond acceptors (Lipinski definition) is 5. The summed E-state index contributed by atoms with van der Waals surface area (Å²) in [5, 5.41) is 4.12. The van der Waals surface area contributed by atoms with Crippen LogP contribution in [0.4, 0.5) is 4.79 Å². The quantitative estimate of drug-likeness (QED) is 0.863.